The Morgan fingerprint density at radius 3 is 2.71 bits per heavy atom. The van der Waals surface area contributed by atoms with E-state index in [1.807, 2.05) is 54.7 Å². The van der Waals surface area contributed by atoms with E-state index < -0.39 is 0 Å². The van der Waals surface area contributed by atoms with Gasteiger partial charge in [0.15, 0.2) is 0 Å². The van der Waals surface area contributed by atoms with Gasteiger partial charge in [0, 0.05) is 23.9 Å². The lowest BCUT2D eigenvalue weighted by Gasteiger charge is -2.07. The number of anilines is 1. The molecule has 1 heterocycles. The SMILES string of the molecule is COc1cccc(CCC(=O)Nc2ccc(-c3cn[nH]c3)cc2)c1. The van der Waals surface area contributed by atoms with Crippen LogP contribution in [0.1, 0.15) is 12.0 Å². The number of aryl methyl sites for hydroxylation is 1. The molecule has 0 saturated heterocycles. The second-order valence-electron chi connectivity index (χ2n) is 5.46. The van der Waals surface area contributed by atoms with Crippen molar-refractivity contribution in [1.82, 2.24) is 10.2 Å². The van der Waals surface area contributed by atoms with Gasteiger partial charge in [-0.15, -0.1) is 0 Å². The Bertz CT molecular complexity index is 796. The van der Waals surface area contributed by atoms with Gasteiger partial charge in [-0.2, -0.15) is 5.10 Å². The van der Waals surface area contributed by atoms with Crippen LogP contribution in [0.4, 0.5) is 5.69 Å². The third-order valence-electron chi connectivity index (χ3n) is 3.78. The summed E-state index contributed by atoms with van der Waals surface area (Å²) in [7, 11) is 1.64. The van der Waals surface area contributed by atoms with Crippen molar-refractivity contribution < 1.29 is 9.53 Å². The lowest BCUT2D eigenvalue weighted by molar-refractivity contribution is -0.116. The van der Waals surface area contributed by atoms with Crippen LogP contribution in [0.5, 0.6) is 5.75 Å². The molecule has 1 amide bonds. The first-order chi connectivity index (χ1) is 11.7. The van der Waals surface area contributed by atoms with Crippen LogP contribution in [-0.2, 0) is 11.2 Å². The van der Waals surface area contributed by atoms with E-state index >= 15 is 0 Å². The predicted octanol–water partition coefficient (Wildman–Crippen LogP) is 3.66. The van der Waals surface area contributed by atoms with Crippen LogP contribution >= 0.6 is 0 Å². The van der Waals surface area contributed by atoms with Crippen LogP contribution in [-0.4, -0.2) is 23.2 Å². The summed E-state index contributed by atoms with van der Waals surface area (Å²) in [4.78, 5) is 12.1. The molecule has 5 heteroatoms. The minimum Gasteiger partial charge on any atom is -0.497 e. The summed E-state index contributed by atoms with van der Waals surface area (Å²) in [6, 6.07) is 15.5. The van der Waals surface area contributed by atoms with Crippen molar-refractivity contribution in [2.24, 2.45) is 0 Å². The Hall–Kier alpha value is -3.08. The number of benzene rings is 2. The summed E-state index contributed by atoms with van der Waals surface area (Å²) in [5.74, 6) is 0.802. The van der Waals surface area contributed by atoms with E-state index in [1.54, 1.807) is 13.3 Å². The number of H-pyrrole nitrogens is 1. The molecule has 2 aromatic carbocycles. The minimum atomic E-state index is -0.00567. The van der Waals surface area contributed by atoms with E-state index in [-0.39, 0.29) is 5.91 Å². The Balaban J connectivity index is 1.54. The molecule has 0 spiro atoms. The maximum absolute atomic E-state index is 12.1. The molecule has 0 unspecified atom stereocenters. The van der Waals surface area contributed by atoms with Crippen molar-refractivity contribution in [2.45, 2.75) is 12.8 Å². The van der Waals surface area contributed by atoms with Gasteiger partial charge in [0.1, 0.15) is 5.75 Å². The van der Waals surface area contributed by atoms with Crippen molar-refractivity contribution in [3.05, 3.63) is 66.5 Å². The van der Waals surface area contributed by atoms with Gasteiger partial charge < -0.3 is 10.1 Å². The maximum Gasteiger partial charge on any atom is 0.224 e. The van der Waals surface area contributed by atoms with Gasteiger partial charge in [0.05, 0.1) is 13.3 Å². The fraction of sp³-hybridized carbons (Fsp3) is 0.158. The molecule has 0 saturated carbocycles. The topological polar surface area (TPSA) is 67.0 Å². The number of hydrogen-bond acceptors (Lipinski definition) is 3. The monoisotopic (exact) mass is 321 g/mol. The number of ether oxygens (including phenoxy) is 1. The fourth-order valence-electron chi connectivity index (χ4n) is 2.46. The van der Waals surface area contributed by atoms with Crippen molar-refractivity contribution in [3.63, 3.8) is 0 Å². The highest BCUT2D eigenvalue weighted by Crippen LogP contribution is 2.20. The summed E-state index contributed by atoms with van der Waals surface area (Å²) < 4.78 is 5.19. The van der Waals surface area contributed by atoms with E-state index in [2.05, 4.69) is 15.5 Å². The molecule has 1 aromatic heterocycles. The van der Waals surface area contributed by atoms with Gasteiger partial charge in [0.25, 0.3) is 0 Å². The summed E-state index contributed by atoms with van der Waals surface area (Å²) in [5, 5.41) is 9.64. The van der Waals surface area contributed by atoms with Crippen LogP contribution < -0.4 is 10.1 Å². The van der Waals surface area contributed by atoms with Crippen LogP contribution in [0, 0.1) is 0 Å². The molecular formula is C19H19N3O2. The molecule has 5 nitrogen and oxygen atoms in total. The number of carbonyl (C=O) groups excluding carboxylic acids is 1. The van der Waals surface area contributed by atoms with E-state index in [1.165, 1.54) is 0 Å². The lowest BCUT2D eigenvalue weighted by Crippen LogP contribution is -2.12. The summed E-state index contributed by atoms with van der Waals surface area (Å²) >= 11 is 0. The van der Waals surface area contributed by atoms with Crippen molar-refractivity contribution in [1.29, 1.82) is 0 Å². The van der Waals surface area contributed by atoms with E-state index in [0.29, 0.717) is 12.8 Å². The largest absolute Gasteiger partial charge is 0.497 e. The van der Waals surface area contributed by atoms with E-state index in [0.717, 1.165) is 28.1 Å². The zero-order valence-electron chi connectivity index (χ0n) is 13.5. The normalized spacial score (nSPS) is 10.4. The summed E-state index contributed by atoms with van der Waals surface area (Å²) in [5.41, 5.74) is 3.95. The molecular weight excluding hydrogens is 302 g/mol. The van der Waals surface area contributed by atoms with Crippen LogP contribution in [0.25, 0.3) is 11.1 Å². The molecule has 0 fully saturated rings. The molecule has 3 rings (SSSR count). The highest BCUT2D eigenvalue weighted by Gasteiger charge is 2.05. The molecule has 0 atom stereocenters. The third-order valence-corrected chi connectivity index (χ3v) is 3.78. The fourth-order valence-corrected chi connectivity index (χ4v) is 2.46. The first kappa shape index (κ1) is 15.8. The number of aromatic amines is 1. The number of amides is 1. The average Bonchev–Trinajstić information content (AvgIpc) is 3.15. The molecule has 24 heavy (non-hydrogen) atoms. The lowest BCUT2D eigenvalue weighted by atomic mass is 10.1. The van der Waals surface area contributed by atoms with E-state index in [9.17, 15) is 4.79 Å². The Kier molecular flexibility index (Phi) is 4.91. The van der Waals surface area contributed by atoms with Crippen molar-refractivity contribution in [3.8, 4) is 16.9 Å². The van der Waals surface area contributed by atoms with Gasteiger partial charge in [0.2, 0.25) is 5.91 Å². The van der Waals surface area contributed by atoms with Crippen LogP contribution in [0.3, 0.4) is 0 Å². The molecule has 0 aliphatic rings. The average molecular weight is 321 g/mol. The van der Waals surface area contributed by atoms with Gasteiger partial charge in [-0.05, 0) is 41.8 Å². The number of aromatic nitrogens is 2. The summed E-state index contributed by atoms with van der Waals surface area (Å²) in [6.45, 7) is 0. The highest BCUT2D eigenvalue weighted by atomic mass is 16.5. The predicted molar refractivity (Wildman–Crippen MR) is 94.0 cm³/mol. The van der Waals surface area contributed by atoms with Gasteiger partial charge >= 0.3 is 0 Å². The number of rotatable bonds is 6. The standard InChI is InChI=1S/C19H19N3O2/c1-24-18-4-2-3-14(11-18)5-10-19(23)22-17-8-6-15(7-9-17)16-12-20-21-13-16/h2-4,6-9,11-13H,5,10H2,1H3,(H,20,21)(H,22,23). The van der Waals surface area contributed by atoms with Gasteiger partial charge in [-0.25, -0.2) is 0 Å². The number of nitrogens with one attached hydrogen (secondary N) is 2. The van der Waals surface area contributed by atoms with Crippen molar-refractivity contribution >= 4 is 11.6 Å². The first-order valence-electron chi connectivity index (χ1n) is 7.76. The number of hydrogen-bond donors (Lipinski definition) is 2. The third kappa shape index (κ3) is 4.01. The maximum atomic E-state index is 12.1. The van der Waals surface area contributed by atoms with Crippen LogP contribution in [0.2, 0.25) is 0 Å². The zero-order chi connectivity index (χ0) is 16.8. The zero-order valence-corrected chi connectivity index (χ0v) is 13.5. The van der Waals surface area contributed by atoms with E-state index in [4.69, 9.17) is 4.74 Å². The molecule has 2 N–H and O–H groups in total. The molecule has 0 radical (unpaired) electrons. The second kappa shape index (κ2) is 7.46. The number of carbonyl (C=O) groups is 1. The Morgan fingerprint density at radius 1 is 1.17 bits per heavy atom. The van der Waals surface area contributed by atoms with Crippen LogP contribution in [0.15, 0.2) is 60.9 Å². The quantitative estimate of drug-likeness (QED) is 0.728. The van der Waals surface area contributed by atoms with Gasteiger partial charge in [-0.1, -0.05) is 24.3 Å². The smallest absolute Gasteiger partial charge is 0.224 e. The molecule has 122 valence electrons. The van der Waals surface area contributed by atoms with Crippen molar-refractivity contribution in [2.75, 3.05) is 12.4 Å². The molecule has 0 bridgehead atoms. The molecule has 0 aliphatic carbocycles. The molecule has 0 aliphatic heterocycles. The number of methoxy groups -OCH3 is 1. The first-order valence-corrected chi connectivity index (χ1v) is 7.76. The Labute approximate surface area is 140 Å². The number of nitrogens with zero attached hydrogens (tertiary/aromatic N) is 1. The second-order valence-corrected chi connectivity index (χ2v) is 5.46. The highest BCUT2D eigenvalue weighted by molar-refractivity contribution is 5.91. The Morgan fingerprint density at radius 2 is 2.00 bits per heavy atom. The summed E-state index contributed by atoms with van der Waals surface area (Å²) in [6.07, 6.45) is 4.70. The minimum absolute atomic E-state index is 0.00567. The molecule has 3 aromatic rings. The van der Waals surface area contributed by atoms with Gasteiger partial charge in [-0.3, -0.25) is 9.89 Å².